The fourth-order valence-corrected chi connectivity index (χ4v) is 4.62. The Kier molecular flexibility index (Phi) is 5.07. The van der Waals surface area contributed by atoms with E-state index < -0.39 is 10.0 Å². The number of benzene rings is 1. The van der Waals surface area contributed by atoms with E-state index in [1.54, 1.807) is 23.4 Å². The molecule has 1 heterocycles. The summed E-state index contributed by atoms with van der Waals surface area (Å²) in [6, 6.07) is 5.00. The van der Waals surface area contributed by atoms with E-state index in [0.29, 0.717) is 35.5 Å². The van der Waals surface area contributed by atoms with Crippen molar-refractivity contribution in [1.82, 2.24) is 4.31 Å². The minimum Gasteiger partial charge on any atom is -0.330 e. The molecular formula is C14H21ClN2O2S. The summed E-state index contributed by atoms with van der Waals surface area (Å²) in [4.78, 5) is 0.322. The first-order valence-electron chi connectivity index (χ1n) is 6.91. The molecule has 0 radical (unpaired) electrons. The SMILES string of the molecule is Cc1ccc(Cl)cc1S(=O)(=O)N1CCC(CCN)CC1. The van der Waals surface area contributed by atoms with Gasteiger partial charge in [-0.15, -0.1) is 0 Å². The topological polar surface area (TPSA) is 63.4 Å². The number of nitrogens with zero attached hydrogens (tertiary/aromatic N) is 1. The third kappa shape index (κ3) is 3.34. The average Bonchev–Trinajstić information content (AvgIpc) is 2.42. The van der Waals surface area contributed by atoms with E-state index in [1.165, 1.54) is 6.07 Å². The van der Waals surface area contributed by atoms with Gasteiger partial charge in [-0.2, -0.15) is 4.31 Å². The fraction of sp³-hybridized carbons (Fsp3) is 0.571. The molecular weight excluding hydrogens is 296 g/mol. The Hall–Kier alpha value is -0.620. The predicted molar refractivity (Wildman–Crippen MR) is 81.3 cm³/mol. The number of piperidine rings is 1. The molecule has 112 valence electrons. The highest BCUT2D eigenvalue weighted by atomic mass is 35.5. The van der Waals surface area contributed by atoms with Gasteiger partial charge >= 0.3 is 0 Å². The zero-order valence-electron chi connectivity index (χ0n) is 11.7. The van der Waals surface area contributed by atoms with Crippen molar-refractivity contribution < 1.29 is 8.42 Å². The molecule has 4 nitrogen and oxygen atoms in total. The van der Waals surface area contributed by atoms with Gasteiger partial charge in [0.25, 0.3) is 0 Å². The predicted octanol–water partition coefficient (Wildman–Crippen LogP) is 2.40. The molecule has 6 heteroatoms. The van der Waals surface area contributed by atoms with Crippen molar-refractivity contribution in [1.29, 1.82) is 0 Å². The molecule has 0 saturated carbocycles. The van der Waals surface area contributed by atoms with E-state index in [4.69, 9.17) is 17.3 Å². The first kappa shape index (κ1) is 15.8. The first-order chi connectivity index (χ1) is 9.45. The van der Waals surface area contributed by atoms with Gasteiger partial charge in [-0.1, -0.05) is 17.7 Å². The van der Waals surface area contributed by atoms with Crippen LogP contribution in [-0.4, -0.2) is 32.4 Å². The summed E-state index contributed by atoms with van der Waals surface area (Å²) < 4.78 is 26.9. The highest BCUT2D eigenvalue weighted by molar-refractivity contribution is 7.89. The molecule has 2 rings (SSSR count). The molecule has 1 saturated heterocycles. The van der Waals surface area contributed by atoms with Gasteiger partial charge in [0, 0.05) is 18.1 Å². The van der Waals surface area contributed by atoms with Gasteiger partial charge in [-0.25, -0.2) is 8.42 Å². The van der Waals surface area contributed by atoms with Crippen molar-refractivity contribution in [3.63, 3.8) is 0 Å². The smallest absolute Gasteiger partial charge is 0.243 e. The van der Waals surface area contributed by atoms with Gasteiger partial charge in [0.2, 0.25) is 10.0 Å². The maximum Gasteiger partial charge on any atom is 0.243 e. The van der Waals surface area contributed by atoms with E-state index in [1.807, 2.05) is 0 Å². The molecule has 1 aliphatic heterocycles. The van der Waals surface area contributed by atoms with Crippen LogP contribution in [0.25, 0.3) is 0 Å². The Labute approximate surface area is 126 Å². The first-order valence-corrected chi connectivity index (χ1v) is 8.73. The van der Waals surface area contributed by atoms with Crippen molar-refractivity contribution in [2.45, 2.75) is 31.1 Å². The number of aryl methyl sites for hydroxylation is 1. The van der Waals surface area contributed by atoms with Crippen LogP contribution >= 0.6 is 11.6 Å². The minimum atomic E-state index is -3.44. The van der Waals surface area contributed by atoms with Crippen LogP contribution in [0.15, 0.2) is 23.1 Å². The normalized spacial score (nSPS) is 18.4. The molecule has 20 heavy (non-hydrogen) atoms. The van der Waals surface area contributed by atoms with E-state index >= 15 is 0 Å². The van der Waals surface area contributed by atoms with Crippen LogP contribution < -0.4 is 5.73 Å². The monoisotopic (exact) mass is 316 g/mol. The number of hydrogen-bond acceptors (Lipinski definition) is 3. The molecule has 1 fully saturated rings. The van der Waals surface area contributed by atoms with Gasteiger partial charge in [0.05, 0.1) is 4.90 Å². The molecule has 0 unspecified atom stereocenters. The quantitative estimate of drug-likeness (QED) is 0.927. The Morgan fingerprint density at radius 3 is 2.60 bits per heavy atom. The largest absolute Gasteiger partial charge is 0.330 e. The second kappa shape index (κ2) is 6.43. The van der Waals surface area contributed by atoms with E-state index in [2.05, 4.69) is 0 Å². The minimum absolute atomic E-state index is 0.322. The standard InChI is InChI=1S/C14H21ClN2O2S/c1-11-2-3-13(15)10-14(11)20(18,19)17-8-5-12(4-7-16)6-9-17/h2-3,10,12H,4-9,16H2,1H3. The van der Waals surface area contributed by atoms with Crippen LogP contribution in [0.3, 0.4) is 0 Å². The van der Waals surface area contributed by atoms with Gasteiger partial charge < -0.3 is 5.73 Å². The van der Waals surface area contributed by atoms with Gasteiger partial charge in [0.1, 0.15) is 0 Å². The molecule has 1 aromatic rings. The maximum absolute atomic E-state index is 12.7. The number of nitrogens with two attached hydrogens (primary N) is 1. The second-order valence-electron chi connectivity index (χ2n) is 5.33. The van der Waals surface area contributed by atoms with Crippen molar-refractivity contribution >= 4 is 21.6 Å². The summed E-state index contributed by atoms with van der Waals surface area (Å²) in [5.74, 6) is 0.548. The lowest BCUT2D eigenvalue weighted by atomic mass is 9.95. The van der Waals surface area contributed by atoms with E-state index in [-0.39, 0.29) is 0 Å². The maximum atomic E-state index is 12.7. The molecule has 1 aromatic carbocycles. The highest BCUT2D eigenvalue weighted by Crippen LogP contribution is 2.28. The molecule has 2 N–H and O–H groups in total. The lowest BCUT2D eigenvalue weighted by molar-refractivity contribution is 0.265. The summed E-state index contributed by atoms with van der Waals surface area (Å²) in [6.45, 7) is 3.60. The lowest BCUT2D eigenvalue weighted by Crippen LogP contribution is -2.39. The van der Waals surface area contributed by atoms with E-state index in [0.717, 1.165) is 24.8 Å². The summed E-state index contributed by atoms with van der Waals surface area (Å²) in [6.07, 6.45) is 2.75. The molecule has 0 aromatic heterocycles. The van der Waals surface area contributed by atoms with Crippen LogP contribution in [0.4, 0.5) is 0 Å². The Morgan fingerprint density at radius 1 is 1.35 bits per heavy atom. The van der Waals surface area contributed by atoms with Crippen molar-refractivity contribution in [2.24, 2.45) is 11.7 Å². The number of rotatable bonds is 4. The Morgan fingerprint density at radius 2 is 2.00 bits per heavy atom. The van der Waals surface area contributed by atoms with Crippen molar-refractivity contribution in [3.8, 4) is 0 Å². The van der Waals surface area contributed by atoms with Crippen LogP contribution in [0, 0.1) is 12.8 Å². The third-order valence-corrected chi connectivity index (χ3v) is 6.19. The van der Waals surface area contributed by atoms with Crippen LogP contribution in [0.1, 0.15) is 24.8 Å². The average molecular weight is 317 g/mol. The highest BCUT2D eigenvalue weighted by Gasteiger charge is 2.30. The Balaban J connectivity index is 2.18. The van der Waals surface area contributed by atoms with Gasteiger partial charge in [0.15, 0.2) is 0 Å². The number of sulfonamides is 1. The third-order valence-electron chi connectivity index (χ3n) is 3.92. The number of hydrogen-bond donors (Lipinski definition) is 1. The van der Waals surface area contributed by atoms with Crippen molar-refractivity contribution in [3.05, 3.63) is 28.8 Å². The number of halogens is 1. The summed E-state index contributed by atoms with van der Waals surface area (Å²) >= 11 is 5.93. The van der Waals surface area contributed by atoms with Crippen molar-refractivity contribution in [2.75, 3.05) is 19.6 Å². The zero-order valence-corrected chi connectivity index (χ0v) is 13.3. The summed E-state index contributed by atoms with van der Waals surface area (Å²) in [5, 5.41) is 0.451. The molecule has 0 bridgehead atoms. The second-order valence-corrected chi connectivity index (χ2v) is 7.68. The summed E-state index contributed by atoms with van der Waals surface area (Å²) in [5.41, 5.74) is 6.30. The molecule has 0 spiro atoms. The van der Waals surface area contributed by atoms with Crippen LogP contribution in [-0.2, 0) is 10.0 Å². The van der Waals surface area contributed by atoms with Gasteiger partial charge in [-0.3, -0.25) is 0 Å². The molecule has 0 amide bonds. The van der Waals surface area contributed by atoms with E-state index in [9.17, 15) is 8.42 Å². The molecule has 0 atom stereocenters. The summed E-state index contributed by atoms with van der Waals surface area (Å²) in [7, 11) is -3.44. The fourth-order valence-electron chi connectivity index (χ4n) is 2.66. The van der Waals surface area contributed by atoms with Crippen LogP contribution in [0.2, 0.25) is 5.02 Å². The Bertz CT molecular complexity index is 567. The van der Waals surface area contributed by atoms with Crippen LogP contribution in [0.5, 0.6) is 0 Å². The lowest BCUT2D eigenvalue weighted by Gasteiger charge is -2.31. The zero-order chi connectivity index (χ0) is 14.8. The molecule has 1 aliphatic rings. The van der Waals surface area contributed by atoms with Gasteiger partial charge in [-0.05, 0) is 56.3 Å². The molecule has 0 aliphatic carbocycles.